The van der Waals surface area contributed by atoms with Gasteiger partial charge in [-0.25, -0.2) is 4.68 Å². The van der Waals surface area contributed by atoms with Crippen molar-refractivity contribution in [2.75, 3.05) is 0 Å². The van der Waals surface area contributed by atoms with E-state index < -0.39 is 0 Å². The largest absolute Gasteiger partial charge is 0.227 e. The smallest absolute Gasteiger partial charge is 0.209 e. The Bertz CT molecular complexity index is 983. The Kier molecular flexibility index (Phi) is 4.62. The maximum atomic E-state index is 4.51. The molecule has 0 radical (unpaired) electrons. The summed E-state index contributed by atoms with van der Waals surface area (Å²) in [6.07, 6.45) is 1.77. The first-order valence-electron chi connectivity index (χ1n) is 7.52. The summed E-state index contributed by atoms with van der Waals surface area (Å²) in [6.45, 7) is 0. The van der Waals surface area contributed by atoms with Crippen LogP contribution in [0.3, 0.4) is 0 Å². The number of tetrazole rings is 1. The number of rotatable bonds is 4. The highest BCUT2D eigenvalue weighted by molar-refractivity contribution is 14.1. The molecule has 2 aromatic heterocycles. The van der Waals surface area contributed by atoms with Gasteiger partial charge in [-0.15, -0.1) is 15.0 Å². The van der Waals surface area contributed by atoms with Crippen LogP contribution in [0.5, 0.6) is 0 Å². The predicted molar refractivity (Wildman–Crippen MR) is 107 cm³/mol. The van der Waals surface area contributed by atoms with Crippen LogP contribution in [0.25, 0.3) is 17.1 Å². The van der Waals surface area contributed by atoms with Gasteiger partial charge in [0.2, 0.25) is 5.82 Å². The summed E-state index contributed by atoms with van der Waals surface area (Å²) in [5.74, 6) is 0.548. The zero-order valence-electron chi connectivity index (χ0n) is 12.9. The molecule has 8 heteroatoms. The fourth-order valence-electron chi connectivity index (χ4n) is 2.41. The quantitative estimate of drug-likeness (QED) is 0.309. The van der Waals surface area contributed by atoms with E-state index in [1.807, 2.05) is 65.3 Å². The molecular weight excluding hydrogens is 495 g/mol. The van der Waals surface area contributed by atoms with Crippen molar-refractivity contribution < 1.29 is 0 Å². The van der Waals surface area contributed by atoms with E-state index in [0.29, 0.717) is 5.82 Å². The van der Waals surface area contributed by atoms with E-state index in [4.69, 9.17) is 0 Å². The van der Waals surface area contributed by atoms with Gasteiger partial charge in [0.25, 0.3) is 0 Å². The Hall–Kier alpha value is -2.07. The number of nitrogens with zero attached hydrogens (tertiary/aromatic N) is 6. The van der Waals surface area contributed by atoms with E-state index in [2.05, 4.69) is 59.0 Å². The number of hydrogen-bond donors (Lipinski definition) is 0. The van der Waals surface area contributed by atoms with E-state index in [9.17, 15) is 0 Å². The van der Waals surface area contributed by atoms with Crippen LogP contribution in [0.1, 0.15) is 10.5 Å². The third kappa shape index (κ3) is 3.23. The lowest BCUT2D eigenvalue weighted by Crippen LogP contribution is -2.07. The number of hydrogen-bond acceptors (Lipinski definition) is 4. The topological polar surface area (TPSA) is 61.4 Å². The Balaban J connectivity index is 1.66. The van der Waals surface area contributed by atoms with Crippen molar-refractivity contribution in [1.29, 1.82) is 0 Å². The minimum atomic E-state index is -0.170. The highest BCUT2D eigenvalue weighted by atomic mass is 127. The summed E-state index contributed by atoms with van der Waals surface area (Å²) in [5, 5.41) is 17.3. The molecule has 1 unspecified atom stereocenters. The van der Waals surface area contributed by atoms with Crippen molar-refractivity contribution in [3.8, 4) is 17.1 Å². The van der Waals surface area contributed by atoms with E-state index in [1.54, 1.807) is 11.0 Å². The van der Waals surface area contributed by atoms with Crippen molar-refractivity contribution in [1.82, 2.24) is 30.0 Å². The second-order valence-electron chi connectivity index (χ2n) is 5.28. The molecular formula is C17H12BrIN6. The summed E-state index contributed by atoms with van der Waals surface area (Å²) in [6, 6.07) is 19.9. The monoisotopic (exact) mass is 506 g/mol. The first-order valence-corrected chi connectivity index (χ1v) is 9.51. The van der Waals surface area contributed by atoms with Gasteiger partial charge in [-0.1, -0.05) is 64.5 Å². The fraction of sp³-hybridized carbons (Fsp3) is 0.0588. The number of aromatic nitrogens is 6. The molecule has 2 heterocycles. The number of para-hydroxylation sites is 1. The summed E-state index contributed by atoms with van der Waals surface area (Å²) in [4.78, 5) is 1.39. The standard InChI is InChI=1S/C17H12BrIN6/c18-15(12-7-3-1-4-8-12)25-22-17(21-23-25)14-11-20-24(16(14)19)13-9-5-2-6-10-13/h1-11,15H. The zero-order valence-corrected chi connectivity index (χ0v) is 16.6. The number of alkyl halides is 1. The number of halogens is 2. The molecule has 0 bridgehead atoms. The van der Waals surface area contributed by atoms with E-state index >= 15 is 0 Å². The molecule has 124 valence electrons. The van der Waals surface area contributed by atoms with Crippen LogP contribution in [0.15, 0.2) is 66.9 Å². The molecule has 0 aliphatic carbocycles. The van der Waals surface area contributed by atoms with Crippen LogP contribution >= 0.6 is 38.5 Å². The van der Waals surface area contributed by atoms with Gasteiger partial charge in [0.1, 0.15) is 3.70 Å². The second-order valence-corrected chi connectivity index (χ2v) is 7.17. The van der Waals surface area contributed by atoms with Gasteiger partial charge in [-0.05, 0) is 45.5 Å². The molecule has 0 spiro atoms. The van der Waals surface area contributed by atoms with Crippen LogP contribution in [0.4, 0.5) is 0 Å². The average molecular weight is 507 g/mol. The predicted octanol–water partition coefficient (Wildman–Crippen LogP) is 4.07. The van der Waals surface area contributed by atoms with Gasteiger partial charge >= 0.3 is 0 Å². The molecule has 4 aromatic rings. The van der Waals surface area contributed by atoms with Crippen molar-refractivity contribution in [3.05, 3.63) is 76.1 Å². The molecule has 1 atom stereocenters. The Labute approximate surface area is 166 Å². The molecule has 0 aliphatic heterocycles. The van der Waals surface area contributed by atoms with Crippen molar-refractivity contribution in [2.45, 2.75) is 4.95 Å². The maximum absolute atomic E-state index is 4.51. The van der Waals surface area contributed by atoms with E-state index in [0.717, 1.165) is 20.5 Å². The van der Waals surface area contributed by atoms with Gasteiger partial charge in [0.05, 0.1) is 17.4 Å². The molecule has 0 saturated heterocycles. The fourth-order valence-corrected chi connectivity index (χ4v) is 3.67. The lowest BCUT2D eigenvalue weighted by atomic mass is 10.2. The lowest BCUT2D eigenvalue weighted by Gasteiger charge is -2.07. The van der Waals surface area contributed by atoms with Crippen molar-refractivity contribution in [3.63, 3.8) is 0 Å². The van der Waals surface area contributed by atoms with Crippen LogP contribution in [0, 0.1) is 3.70 Å². The zero-order chi connectivity index (χ0) is 17.2. The first-order chi connectivity index (χ1) is 12.2. The summed E-state index contributed by atoms with van der Waals surface area (Å²) < 4.78 is 2.80. The molecule has 4 rings (SSSR count). The summed E-state index contributed by atoms with van der Waals surface area (Å²) in [5.41, 5.74) is 2.90. The molecule has 25 heavy (non-hydrogen) atoms. The molecule has 0 N–H and O–H groups in total. The van der Waals surface area contributed by atoms with Crippen LogP contribution < -0.4 is 0 Å². The molecule has 0 amide bonds. The first kappa shape index (κ1) is 16.4. The highest BCUT2D eigenvalue weighted by Crippen LogP contribution is 2.26. The maximum Gasteiger partial charge on any atom is 0.209 e. The average Bonchev–Trinajstić information content (AvgIpc) is 3.29. The Morgan fingerprint density at radius 3 is 2.36 bits per heavy atom. The van der Waals surface area contributed by atoms with Gasteiger partial charge in [0.15, 0.2) is 4.95 Å². The molecule has 0 saturated carbocycles. The minimum absolute atomic E-state index is 0.170. The third-order valence-electron chi connectivity index (χ3n) is 3.66. The molecule has 6 nitrogen and oxygen atoms in total. The van der Waals surface area contributed by atoms with Crippen LogP contribution in [0.2, 0.25) is 0 Å². The van der Waals surface area contributed by atoms with Crippen LogP contribution in [-0.2, 0) is 0 Å². The minimum Gasteiger partial charge on any atom is -0.227 e. The second kappa shape index (κ2) is 7.04. The molecule has 0 fully saturated rings. The van der Waals surface area contributed by atoms with Gasteiger partial charge in [-0.3, -0.25) is 0 Å². The lowest BCUT2D eigenvalue weighted by molar-refractivity contribution is 0.568. The number of benzene rings is 2. The molecule has 2 aromatic carbocycles. The van der Waals surface area contributed by atoms with E-state index in [-0.39, 0.29) is 4.95 Å². The Morgan fingerprint density at radius 2 is 1.64 bits per heavy atom. The van der Waals surface area contributed by atoms with Gasteiger partial charge in [0, 0.05) is 0 Å². The van der Waals surface area contributed by atoms with E-state index in [1.165, 1.54) is 0 Å². The van der Waals surface area contributed by atoms with Gasteiger partial charge in [-0.2, -0.15) is 5.10 Å². The van der Waals surface area contributed by atoms with Gasteiger partial charge < -0.3 is 0 Å². The normalized spacial score (nSPS) is 12.2. The summed E-state index contributed by atoms with van der Waals surface area (Å²) >= 11 is 5.87. The highest BCUT2D eigenvalue weighted by Gasteiger charge is 2.18. The van der Waals surface area contributed by atoms with Crippen molar-refractivity contribution >= 4 is 38.5 Å². The van der Waals surface area contributed by atoms with Crippen LogP contribution in [-0.4, -0.2) is 30.0 Å². The van der Waals surface area contributed by atoms with Crippen molar-refractivity contribution in [2.24, 2.45) is 0 Å². The third-order valence-corrected chi connectivity index (χ3v) is 5.59. The Morgan fingerprint density at radius 1 is 0.960 bits per heavy atom. The SMILES string of the molecule is BrC(c1ccccc1)n1nnc(-c2cnn(-c3ccccc3)c2I)n1. The molecule has 0 aliphatic rings. The summed E-state index contributed by atoms with van der Waals surface area (Å²) in [7, 11) is 0.